The smallest absolute Gasteiger partial charge is 0.266 e. The predicted molar refractivity (Wildman–Crippen MR) is 116 cm³/mol. The second-order valence-corrected chi connectivity index (χ2v) is 6.96. The molecule has 0 amide bonds. The van der Waals surface area contributed by atoms with Crippen LogP contribution in [0.3, 0.4) is 0 Å². The minimum atomic E-state index is -0.861. The van der Waals surface area contributed by atoms with Gasteiger partial charge in [0.05, 0.1) is 17.2 Å². The molecular formula is C21H16F2N8O. The number of halogens is 2. The molecule has 0 unspecified atom stereocenters. The monoisotopic (exact) mass is 434 g/mol. The van der Waals surface area contributed by atoms with Crippen molar-refractivity contribution >= 4 is 33.8 Å². The number of hydrogen-bond acceptors (Lipinski definition) is 7. The molecule has 9 nitrogen and oxygen atoms in total. The average Bonchev–Trinajstić information content (AvgIpc) is 3.24. The normalized spacial score (nSPS) is 11.3. The first-order valence-electron chi connectivity index (χ1n) is 9.68. The van der Waals surface area contributed by atoms with Crippen molar-refractivity contribution in [3.63, 3.8) is 0 Å². The van der Waals surface area contributed by atoms with Gasteiger partial charge in [-0.15, -0.1) is 0 Å². The maximum absolute atomic E-state index is 14.6. The molecule has 32 heavy (non-hydrogen) atoms. The van der Waals surface area contributed by atoms with E-state index in [1.807, 2.05) is 0 Å². The molecule has 0 atom stereocenters. The van der Waals surface area contributed by atoms with Crippen molar-refractivity contribution in [3.05, 3.63) is 76.6 Å². The highest BCUT2D eigenvalue weighted by Crippen LogP contribution is 2.20. The lowest BCUT2D eigenvalue weighted by Crippen LogP contribution is -2.27. The Balaban J connectivity index is 1.57. The molecule has 3 aromatic heterocycles. The highest BCUT2D eigenvalue weighted by atomic mass is 19.1. The molecule has 0 saturated heterocycles. The van der Waals surface area contributed by atoms with Crippen molar-refractivity contribution in [1.29, 1.82) is 0 Å². The number of imidazole rings is 1. The van der Waals surface area contributed by atoms with E-state index in [2.05, 4.69) is 30.2 Å². The number of aromatic amines is 1. The third kappa shape index (κ3) is 3.29. The molecular weight excluding hydrogens is 418 g/mol. The van der Waals surface area contributed by atoms with Gasteiger partial charge in [0.15, 0.2) is 11.5 Å². The number of para-hydroxylation sites is 2. The fourth-order valence-corrected chi connectivity index (χ4v) is 3.55. The molecule has 2 aromatic carbocycles. The molecule has 0 aliphatic carbocycles. The van der Waals surface area contributed by atoms with Gasteiger partial charge >= 0.3 is 0 Å². The van der Waals surface area contributed by atoms with Gasteiger partial charge < -0.3 is 16.0 Å². The number of nitrogens with two attached hydrogens (primary N) is 1. The van der Waals surface area contributed by atoms with Crippen molar-refractivity contribution < 1.29 is 8.78 Å². The first-order valence-corrected chi connectivity index (χ1v) is 9.68. The molecule has 0 spiro atoms. The number of aromatic nitrogens is 6. The van der Waals surface area contributed by atoms with E-state index >= 15 is 0 Å². The van der Waals surface area contributed by atoms with Crippen molar-refractivity contribution in [3.8, 4) is 5.69 Å². The molecule has 4 N–H and O–H groups in total. The summed E-state index contributed by atoms with van der Waals surface area (Å²) >= 11 is 0. The average molecular weight is 434 g/mol. The Hall–Kier alpha value is -4.41. The topological polar surface area (TPSA) is 127 Å². The summed E-state index contributed by atoms with van der Waals surface area (Å²) in [6, 6.07) is 10.1. The highest BCUT2D eigenvalue weighted by molar-refractivity contribution is 5.83. The fraction of sp³-hybridized carbons (Fsp3) is 0.0952. The van der Waals surface area contributed by atoms with Crippen LogP contribution < -0.4 is 16.6 Å². The first-order chi connectivity index (χ1) is 15.5. The van der Waals surface area contributed by atoms with Gasteiger partial charge in [-0.3, -0.25) is 9.36 Å². The highest BCUT2D eigenvalue weighted by Gasteiger charge is 2.19. The van der Waals surface area contributed by atoms with Crippen molar-refractivity contribution in [1.82, 2.24) is 29.5 Å². The Morgan fingerprint density at radius 2 is 1.81 bits per heavy atom. The molecule has 0 fully saturated rings. The van der Waals surface area contributed by atoms with Crippen LogP contribution in [0.5, 0.6) is 0 Å². The number of H-pyrrole nitrogens is 1. The summed E-state index contributed by atoms with van der Waals surface area (Å²) in [6.07, 6.45) is 1.62. The number of rotatable bonds is 5. The van der Waals surface area contributed by atoms with Gasteiger partial charge in [0.25, 0.3) is 5.56 Å². The number of nitrogens with one attached hydrogen (secondary N) is 2. The number of fused-ring (bicyclic) bond motifs is 2. The minimum Gasteiger partial charge on any atom is -0.368 e. The predicted octanol–water partition coefficient (Wildman–Crippen LogP) is 2.57. The SMILES string of the molecule is Nc1nc(NCCc2nc3ccccc3c(=O)n2-c2c(F)cccc2F)c2nc[nH]c2n1. The van der Waals surface area contributed by atoms with Crippen LogP contribution in [0, 0.1) is 11.6 Å². The summed E-state index contributed by atoms with van der Waals surface area (Å²) in [5.74, 6) is -1.09. The Labute approximate surface area is 179 Å². The van der Waals surface area contributed by atoms with Gasteiger partial charge in [-0.1, -0.05) is 18.2 Å². The Morgan fingerprint density at radius 1 is 1.03 bits per heavy atom. The largest absolute Gasteiger partial charge is 0.368 e. The minimum absolute atomic E-state index is 0.0541. The summed E-state index contributed by atoms with van der Waals surface area (Å²) in [4.78, 5) is 32.9. The number of anilines is 2. The van der Waals surface area contributed by atoms with Crippen LogP contribution >= 0.6 is 0 Å². The summed E-state index contributed by atoms with van der Waals surface area (Å²) < 4.78 is 30.1. The summed E-state index contributed by atoms with van der Waals surface area (Å²) in [6.45, 7) is 0.235. The van der Waals surface area contributed by atoms with E-state index in [-0.39, 0.29) is 30.1 Å². The zero-order valence-electron chi connectivity index (χ0n) is 16.5. The number of nitrogens with zero attached hydrogens (tertiary/aromatic N) is 5. The molecule has 0 bridgehead atoms. The van der Waals surface area contributed by atoms with Crippen molar-refractivity contribution in [2.45, 2.75) is 6.42 Å². The zero-order valence-corrected chi connectivity index (χ0v) is 16.5. The van der Waals surface area contributed by atoms with Crippen LogP contribution in [0.4, 0.5) is 20.5 Å². The Morgan fingerprint density at radius 3 is 2.62 bits per heavy atom. The van der Waals surface area contributed by atoms with Crippen LogP contribution in [-0.4, -0.2) is 36.0 Å². The van der Waals surface area contributed by atoms with E-state index < -0.39 is 22.9 Å². The molecule has 0 aliphatic heterocycles. The number of nitrogen functional groups attached to an aromatic ring is 1. The van der Waals surface area contributed by atoms with Gasteiger partial charge in [-0.25, -0.2) is 18.7 Å². The van der Waals surface area contributed by atoms with Gasteiger partial charge in [0.2, 0.25) is 5.95 Å². The summed E-state index contributed by atoms with van der Waals surface area (Å²) in [7, 11) is 0. The van der Waals surface area contributed by atoms with Gasteiger partial charge in [0, 0.05) is 13.0 Å². The molecule has 0 saturated carbocycles. The van der Waals surface area contributed by atoms with E-state index in [4.69, 9.17) is 5.73 Å². The molecule has 160 valence electrons. The molecule has 0 aliphatic rings. The maximum atomic E-state index is 14.6. The number of hydrogen-bond donors (Lipinski definition) is 3. The van der Waals surface area contributed by atoms with E-state index in [0.29, 0.717) is 22.5 Å². The molecule has 5 aromatic rings. The first kappa shape index (κ1) is 19.5. The quantitative estimate of drug-likeness (QED) is 0.388. The molecule has 5 rings (SSSR count). The van der Waals surface area contributed by atoms with E-state index in [9.17, 15) is 13.6 Å². The van der Waals surface area contributed by atoms with Crippen LogP contribution in [0.25, 0.3) is 27.8 Å². The van der Waals surface area contributed by atoms with Crippen molar-refractivity contribution in [2.75, 3.05) is 17.6 Å². The summed E-state index contributed by atoms with van der Waals surface area (Å²) in [5.41, 5.74) is 6.09. The van der Waals surface area contributed by atoms with E-state index in [1.165, 1.54) is 12.4 Å². The van der Waals surface area contributed by atoms with Crippen LogP contribution in [-0.2, 0) is 6.42 Å². The van der Waals surface area contributed by atoms with Crippen LogP contribution in [0.2, 0.25) is 0 Å². The van der Waals surface area contributed by atoms with Gasteiger partial charge in [0.1, 0.15) is 28.7 Å². The van der Waals surface area contributed by atoms with Gasteiger partial charge in [-0.2, -0.15) is 9.97 Å². The third-order valence-corrected chi connectivity index (χ3v) is 4.94. The lowest BCUT2D eigenvalue weighted by molar-refractivity contribution is 0.561. The second-order valence-electron chi connectivity index (χ2n) is 6.96. The van der Waals surface area contributed by atoms with Crippen molar-refractivity contribution in [2.24, 2.45) is 0 Å². The fourth-order valence-electron chi connectivity index (χ4n) is 3.55. The lowest BCUT2D eigenvalue weighted by atomic mass is 10.2. The van der Waals surface area contributed by atoms with E-state index in [0.717, 1.165) is 16.7 Å². The Bertz CT molecular complexity index is 1510. The molecule has 0 radical (unpaired) electrons. The second kappa shape index (κ2) is 7.69. The molecule has 3 heterocycles. The van der Waals surface area contributed by atoms with Gasteiger partial charge in [-0.05, 0) is 24.3 Å². The van der Waals surface area contributed by atoms with Crippen LogP contribution in [0.1, 0.15) is 5.82 Å². The van der Waals surface area contributed by atoms with E-state index in [1.54, 1.807) is 24.3 Å². The third-order valence-electron chi connectivity index (χ3n) is 4.94. The standard InChI is InChI=1S/C21H16F2N8O/c22-12-5-3-6-13(23)17(12)31-15(28-14-7-2-1-4-11(14)20(31)32)8-9-25-18-16-19(27-10-26-16)30-21(24)29-18/h1-7,10H,8-9H2,(H4,24,25,26,27,29,30). The molecule has 11 heteroatoms. The lowest BCUT2D eigenvalue weighted by Gasteiger charge is -2.15. The Kier molecular flexibility index (Phi) is 4.70. The zero-order chi connectivity index (χ0) is 22.2. The summed E-state index contributed by atoms with van der Waals surface area (Å²) in [5, 5.41) is 3.34. The van der Waals surface area contributed by atoms with Crippen LogP contribution in [0.15, 0.2) is 53.6 Å². The number of benzene rings is 2. The maximum Gasteiger partial charge on any atom is 0.266 e.